The Labute approximate surface area is 140 Å². The van der Waals surface area contributed by atoms with Gasteiger partial charge in [0.15, 0.2) is 0 Å². The Kier molecular flexibility index (Phi) is 6.24. The smallest absolute Gasteiger partial charge is 0.224 e. The maximum atomic E-state index is 6.16. The van der Waals surface area contributed by atoms with Crippen LogP contribution in [0.1, 0.15) is 6.42 Å². The summed E-state index contributed by atoms with van der Waals surface area (Å²) in [4.78, 5) is 10.8. The van der Waals surface area contributed by atoms with E-state index < -0.39 is 0 Å². The van der Waals surface area contributed by atoms with E-state index in [1.807, 2.05) is 12.1 Å². The molecule has 0 spiro atoms. The molecule has 0 aliphatic carbocycles. The predicted molar refractivity (Wildman–Crippen MR) is 93.4 cm³/mol. The van der Waals surface area contributed by atoms with Crippen molar-refractivity contribution in [1.82, 2.24) is 14.9 Å². The van der Waals surface area contributed by atoms with Crippen LogP contribution in [0.15, 0.2) is 30.5 Å². The van der Waals surface area contributed by atoms with Gasteiger partial charge >= 0.3 is 0 Å². The highest BCUT2D eigenvalue weighted by atomic mass is 35.5. The minimum atomic E-state index is 0.475. The largest absolute Gasteiger partial charge is 0.354 e. The zero-order valence-electron chi connectivity index (χ0n) is 12.6. The first-order valence-corrected chi connectivity index (χ1v) is 7.74. The highest BCUT2D eigenvalue weighted by molar-refractivity contribution is 6.43. The fraction of sp³-hybridized carbons (Fsp3) is 0.333. The van der Waals surface area contributed by atoms with E-state index in [1.54, 1.807) is 18.3 Å². The second-order valence-electron chi connectivity index (χ2n) is 5.08. The third-order valence-corrected chi connectivity index (χ3v) is 3.75. The molecule has 2 N–H and O–H groups in total. The molecule has 0 saturated heterocycles. The van der Waals surface area contributed by atoms with Crippen molar-refractivity contribution in [2.75, 3.05) is 37.8 Å². The number of halogens is 2. The molecule has 0 saturated carbocycles. The molecule has 0 aliphatic heterocycles. The first-order valence-electron chi connectivity index (χ1n) is 6.99. The standard InChI is InChI=1S/C15H19Cl2N5/c1-22(2)10-4-8-18-15-19-9-7-13(21-15)20-12-6-3-5-11(16)14(12)17/h3,5-7,9H,4,8,10H2,1-2H3,(H2,18,19,20,21). The Morgan fingerprint density at radius 3 is 2.77 bits per heavy atom. The average molecular weight is 340 g/mol. The topological polar surface area (TPSA) is 53.1 Å². The van der Waals surface area contributed by atoms with Gasteiger partial charge in [0.25, 0.3) is 0 Å². The van der Waals surface area contributed by atoms with E-state index in [0.29, 0.717) is 27.5 Å². The van der Waals surface area contributed by atoms with Gasteiger partial charge in [-0.05, 0) is 45.3 Å². The van der Waals surface area contributed by atoms with Crippen LogP contribution in [-0.2, 0) is 0 Å². The number of anilines is 3. The molecule has 0 radical (unpaired) electrons. The van der Waals surface area contributed by atoms with Crippen LogP contribution in [0, 0.1) is 0 Å². The highest BCUT2D eigenvalue weighted by Gasteiger charge is 2.06. The third kappa shape index (κ3) is 5.02. The molecule has 1 aromatic carbocycles. The molecule has 0 aliphatic rings. The molecule has 1 aromatic heterocycles. The highest BCUT2D eigenvalue weighted by Crippen LogP contribution is 2.31. The summed E-state index contributed by atoms with van der Waals surface area (Å²) < 4.78 is 0. The third-order valence-electron chi connectivity index (χ3n) is 2.94. The second kappa shape index (κ2) is 8.17. The number of hydrogen-bond acceptors (Lipinski definition) is 5. The van der Waals surface area contributed by atoms with Crippen molar-refractivity contribution in [2.45, 2.75) is 6.42 Å². The maximum absolute atomic E-state index is 6.16. The van der Waals surface area contributed by atoms with Crippen LogP contribution >= 0.6 is 23.2 Å². The molecule has 118 valence electrons. The summed E-state index contributed by atoms with van der Waals surface area (Å²) in [5, 5.41) is 7.33. The molecule has 0 fully saturated rings. The van der Waals surface area contributed by atoms with Gasteiger partial charge in [0, 0.05) is 12.7 Å². The van der Waals surface area contributed by atoms with Crippen LogP contribution in [0.2, 0.25) is 10.0 Å². The Morgan fingerprint density at radius 2 is 2.00 bits per heavy atom. The van der Waals surface area contributed by atoms with E-state index in [-0.39, 0.29) is 0 Å². The SMILES string of the molecule is CN(C)CCCNc1nccc(Nc2cccc(Cl)c2Cl)n1. The van der Waals surface area contributed by atoms with E-state index >= 15 is 0 Å². The summed E-state index contributed by atoms with van der Waals surface area (Å²) in [5.41, 5.74) is 0.714. The monoisotopic (exact) mass is 339 g/mol. The van der Waals surface area contributed by atoms with Gasteiger partial charge in [-0.15, -0.1) is 0 Å². The quantitative estimate of drug-likeness (QED) is 0.749. The lowest BCUT2D eigenvalue weighted by Gasteiger charge is -2.11. The first-order chi connectivity index (χ1) is 10.6. The maximum Gasteiger partial charge on any atom is 0.224 e. The van der Waals surface area contributed by atoms with Crippen LogP contribution in [-0.4, -0.2) is 42.1 Å². The summed E-state index contributed by atoms with van der Waals surface area (Å²) in [6.45, 7) is 1.84. The van der Waals surface area contributed by atoms with Crippen molar-refractivity contribution >= 4 is 40.7 Å². The molecule has 2 aromatic rings. The summed E-state index contributed by atoms with van der Waals surface area (Å²) in [6.07, 6.45) is 2.72. The molecule has 2 rings (SSSR count). The second-order valence-corrected chi connectivity index (χ2v) is 5.86. The fourth-order valence-corrected chi connectivity index (χ4v) is 2.20. The van der Waals surface area contributed by atoms with Gasteiger partial charge in [0.2, 0.25) is 5.95 Å². The molecule has 5 nitrogen and oxygen atoms in total. The number of aromatic nitrogens is 2. The number of rotatable bonds is 7. The van der Waals surface area contributed by atoms with Crippen LogP contribution < -0.4 is 10.6 Å². The number of nitrogens with one attached hydrogen (secondary N) is 2. The van der Waals surface area contributed by atoms with Crippen molar-refractivity contribution in [3.63, 3.8) is 0 Å². The van der Waals surface area contributed by atoms with Gasteiger partial charge < -0.3 is 15.5 Å². The number of hydrogen-bond donors (Lipinski definition) is 2. The van der Waals surface area contributed by atoms with Gasteiger partial charge in [-0.3, -0.25) is 0 Å². The zero-order chi connectivity index (χ0) is 15.9. The summed E-state index contributed by atoms with van der Waals surface area (Å²) in [6, 6.07) is 7.20. The summed E-state index contributed by atoms with van der Waals surface area (Å²) in [5.74, 6) is 1.25. The van der Waals surface area contributed by atoms with Crippen molar-refractivity contribution in [3.05, 3.63) is 40.5 Å². The molecule has 0 atom stereocenters. The summed E-state index contributed by atoms with van der Waals surface area (Å²) in [7, 11) is 4.10. The lowest BCUT2D eigenvalue weighted by Crippen LogP contribution is -2.17. The zero-order valence-corrected chi connectivity index (χ0v) is 14.1. The Hall–Kier alpha value is -1.56. The predicted octanol–water partition coefficient (Wildman–Crippen LogP) is 3.89. The van der Waals surface area contributed by atoms with E-state index in [9.17, 15) is 0 Å². The van der Waals surface area contributed by atoms with Crippen molar-refractivity contribution < 1.29 is 0 Å². The Morgan fingerprint density at radius 1 is 1.18 bits per heavy atom. The van der Waals surface area contributed by atoms with Gasteiger partial charge in [-0.2, -0.15) is 4.98 Å². The molecule has 0 bridgehead atoms. The molecule has 7 heteroatoms. The molecule has 0 amide bonds. The Bertz CT molecular complexity index is 619. The minimum absolute atomic E-state index is 0.475. The van der Waals surface area contributed by atoms with Crippen LogP contribution in [0.3, 0.4) is 0 Å². The number of benzene rings is 1. The van der Waals surface area contributed by atoms with Crippen LogP contribution in [0.4, 0.5) is 17.5 Å². The van der Waals surface area contributed by atoms with E-state index in [2.05, 4.69) is 39.6 Å². The lowest BCUT2D eigenvalue weighted by atomic mass is 10.3. The number of nitrogens with zero attached hydrogens (tertiary/aromatic N) is 3. The average Bonchev–Trinajstić information content (AvgIpc) is 2.49. The lowest BCUT2D eigenvalue weighted by molar-refractivity contribution is 0.405. The van der Waals surface area contributed by atoms with Crippen molar-refractivity contribution in [3.8, 4) is 0 Å². The van der Waals surface area contributed by atoms with E-state index in [1.165, 1.54) is 0 Å². The molecular weight excluding hydrogens is 321 g/mol. The van der Waals surface area contributed by atoms with Crippen LogP contribution in [0.5, 0.6) is 0 Å². The Balaban J connectivity index is 1.98. The van der Waals surface area contributed by atoms with Gasteiger partial charge in [0.05, 0.1) is 15.7 Å². The molecule has 0 unspecified atom stereocenters. The van der Waals surface area contributed by atoms with E-state index in [4.69, 9.17) is 23.2 Å². The van der Waals surface area contributed by atoms with Gasteiger partial charge in [-0.25, -0.2) is 4.98 Å². The van der Waals surface area contributed by atoms with Gasteiger partial charge in [0.1, 0.15) is 5.82 Å². The molecule has 1 heterocycles. The van der Waals surface area contributed by atoms with Crippen molar-refractivity contribution in [2.24, 2.45) is 0 Å². The summed E-state index contributed by atoms with van der Waals surface area (Å²) >= 11 is 12.2. The van der Waals surface area contributed by atoms with Crippen molar-refractivity contribution in [1.29, 1.82) is 0 Å². The molecule has 22 heavy (non-hydrogen) atoms. The first kappa shape index (κ1) is 16.8. The fourth-order valence-electron chi connectivity index (χ4n) is 1.85. The van der Waals surface area contributed by atoms with Gasteiger partial charge in [-0.1, -0.05) is 29.3 Å². The van der Waals surface area contributed by atoms with E-state index in [0.717, 1.165) is 19.5 Å². The molecular formula is C15H19Cl2N5. The minimum Gasteiger partial charge on any atom is -0.354 e. The van der Waals surface area contributed by atoms with Crippen LogP contribution in [0.25, 0.3) is 0 Å². The normalized spacial score (nSPS) is 10.8.